The normalized spacial score (nSPS) is 11.9. The van der Waals surface area contributed by atoms with Crippen LogP contribution in [0.15, 0.2) is 54.6 Å². The van der Waals surface area contributed by atoms with Gasteiger partial charge in [0.2, 0.25) is 0 Å². The van der Waals surface area contributed by atoms with Gasteiger partial charge in [0.15, 0.2) is 0 Å². The third kappa shape index (κ3) is 5.77. The van der Waals surface area contributed by atoms with Crippen molar-refractivity contribution >= 4 is 5.91 Å². The highest BCUT2D eigenvalue weighted by Crippen LogP contribution is 2.08. The molecule has 128 valence electrons. The van der Waals surface area contributed by atoms with E-state index in [2.05, 4.69) is 22.9 Å². The molecule has 5 nitrogen and oxygen atoms in total. The first kappa shape index (κ1) is 18.1. The smallest absolute Gasteiger partial charge is 0.260 e. The van der Waals surface area contributed by atoms with Crippen molar-refractivity contribution < 1.29 is 9.63 Å². The predicted octanol–water partition coefficient (Wildman–Crippen LogP) is 1.91. The van der Waals surface area contributed by atoms with Crippen molar-refractivity contribution in [2.45, 2.75) is 32.0 Å². The Kier molecular flexibility index (Phi) is 7.42. The molecule has 0 bridgehead atoms. The number of rotatable bonds is 9. The third-order valence-electron chi connectivity index (χ3n) is 3.89. The lowest BCUT2D eigenvalue weighted by Gasteiger charge is -2.18. The fourth-order valence-electron chi connectivity index (χ4n) is 2.49. The SMILES string of the molecule is CONC(=O)[C@@H](CCc1ccccc1)NCc1ccc(CN)cc1. The van der Waals surface area contributed by atoms with E-state index >= 15 is 0 Å². The Hall–Kier alpha value is -2.21. The number of amides is 1. The highest BCUT2D eigenvalue weighted by Gasteiger charge is 2.17. The maximum absolute atomic E-state index is 12.2. The number of hydrogen-bond donors (Lipinski definition) is 3. The van der Waals surface area contributed by atoms with Gasteiger partial charge >= 0.3 is 0 Å². The van der Waals surface area contributed by atoms with E-state index in [-0.39, 0.29) is 11.9 Å². The topological polar surface area (TPSA) is 76.4 Å². The van der Waals surface area contributed by atoms with Gasteiger partial charge in [-0.2, -0.15) is 0 Å². The van der Waals surface area contributed by atoms with E-state index in [1.807, 2.05) is 42.5 Å². The first-order valence-corrected chi connectivity index (χ1v) is 8.11. The van der Waals surface area contributed by atoms with Gasteiger partial charge in [-0.05, 0) is 29.5 Å². The molecule has 0 saturated heterocycles. The molecular weight excluding hydrogens is 302 g/mol. The van der Waals surface area contributed by atoms with Gasteiger partial charge in [-0.15, -0.1) is 0 Å². The van der Waals surface area contributed by atoms with Crippen LogP contribution in [0.3, 0.4) is 0 Å². The highest BCUT2D eigenvalue weighted by atomic mass is 16.6. The first-order valence-electron chi connectivity index (χ1n) is 8.11. The Balaban J connectivity index is 1.93. The summed E-state index contributed by atoms with van der Waals surface area (Å²) in [6, 6.07) is 17.9. The van der Waals surface area contributed by atoms with Crippen molar-refractivity contribution in [1.82, 2.24) is 10.8 Å². The summed E-state index contributed by atoms with van der Waals surface area (Å²) >= 11 is 0. The molecule has 0 saturated carbocycles. The van der Waals surface area contributed by atoms with Crippen LogP contribution < -0.4 is 16.5 Å². The number of nitrogens with two attached hydrogens (primary N) is 1. The van der Waals surface area contributed by atoms with E-state index in [0.717, 1.165) is 17.5 Å². The summed E-state index contributed by atoms with van der Waals surface area (Å²) in [5.74, 6) is -0.160. The Labute approximate surface area is 143 Å². The van der Waals surface area contributed by atoms with E-state index in [9.17, 15) is 4.79 Å². The molecule has 5 heteroatoms. The maximum Gasteiger partial charge on any atom is 0.260 e. The Morgan fingerprint density at radius 1 is 1.04 bits per heavy atom. The zero-order valence-corrected chi connectivity index (χ0v) is 14.0. The van der Waals surface area contributed by atoms with Crippen LogP contribution in [0.25, 0.3) is 0 Å². The maximum atomic E-state index is 12.2. The molecule has 0 heterocycles. The van der Waals surface area contributed by atoms with E-state index in [1.54, 1.807) is 0 Å². The van der Waals surface area contributed by atoms with Crippen molar-refractivity contribution in [3.63, 3.8) is 0 Å². The van der Waals surface area contributed by atoms with Gasteiger partial charge in [-0.1, -0.05) is 54.6 Å². The second kappa shape index (κ2) is 9.82. The molecule has 1 amide bonds. The highest BCUT2D eigenvalue weighted by molar-refractivity contribution is 5.80. The monoisotopic (exact) mass is 327 g/mol. The van der Waals surface area contributed by atoms with Gasteiger partial charge in [-0.3, -0.25) is 9.63 Å². The Bertz CT molecular complexity index is 614. The molecule has 2 rings (SSSR count). The molecule has 0 spiro atoms. The molecule has 0 radical (unpaired) electrons. The van der Waals surface area contributed by atoms with Crippen LogP contribution in [0.2, 0.25) is 0 Å². The largest absolute Gasteiger partial charge is 0.326 e. The number of hydrogen-bond acceptors (Lipinski definition) is 4. The van der Waals surface area contributed by atoms with Crippen LogP contribution >= 0.6 is 0 Å². The van der Waals surface area contributed by atoms with E-state index in [0.29, 0.717) is 19.5 Å². The summed E-state index contributed by atoms with van der Waals surface area (Å²) in [5, 5.41) is 3.31. The summed E-state index contributed by atoms with van der Waals surface area (Å²) in [4.78, 5) is 16.9. The van der Waals surface area contributed by atoms with Crippen LogP contribution in [0.1, 0.15) is 23.1 Å². The van der Waals surface area contributed by atoms with Gasteiger partial charge in [0.25, 0.3) is 5.91 Å². The fraction of sp³-hybridized carbons (Fsp3) is 0.316. The lowest BCUT2D eigenvalue weighted by atomic mass is 10.0. The molecule has 0 fully saturated rings. The molecule has 24 heavy (non-hydrogen) atoms. The number of hydroxylamine groups is 1. The minimum Gasteiger partial charge on any atom is -0.326 e. The van der Waals surface area contributed by atoms with E-state index in [1.165, 1.54) is 12.7 Å². The van der Waals surface area contributed by atoms with E-state index < -0.39 is 0 Å². The molecule has 0 aliphatic heterocycles. The predicted molar refractivity (Wildman–Crippen MR) is 94.9 cm³/mol. The average Bonchev–Trinajstić information content (AvgIpc) is 2.63. The molecule has 0 unspecified atom stereocenters. The molecule has 0 aliphatic carbocycles. The fourth-order valence-corrected chi connectivity index (χ4v) is 2.49. The lowest BCUT2D eigenvalue weighted by molar-refractivity contribution is -0.133. The van der Waals surface area contributed by atoms with Crippen molar-refractivity contribution in [3.8, 4) is 0 Å². The average molecular weight is 327 g/mol. The second-order valence-corrected chi connectivity index (χ2v) is 5.65. The summed E-state index contributed by atoms with van der Waals surface area (Å²) in [6.07, 6.45) is 1.52. The second-order valence-electron chi connectivity index (χ2n) is 5.65. The summed E-state index contributed by atoms with van der Waals surface area (Å²) in [6.45, 7) is 1.14. The summed E-state index contributed by atoms with van der Waals surface area (Å²) in [5.41, 5.74) is 11.4. The van der Waals surface area contributed by atoms with Crippen molar-refractivity contribution in [3.05, 3.63) is 71.3 Å². The number of benzene rings is 2. The molecule has 4 N–H and O–H groups in total. The zero-order valence-electron chi connectivity index (χ0n) is 14.0. The minimum atomic E-state index is -0.320. The van der Waals surface area contributed by atoms with Gasteiger partial charge < -0.3 is 11.1 Å². The Morgan fingerprint density at radius 2 is 1.71 bits per heavy atom. The van der Waals surface area contributed by atoms with Crippen molar-refractivity contribution in [2.75, 3.05) is 7.11 Å². The number of nitrogens with one attached hydrogen (secondary N) is 2. The molecule has 0 aromatic heterocycles. The number of aryl methyl sites for hydroxylation is 1. The van der Waals surface area contributed by atoms with Crippen LogP contribution in [-0.2, 0) is 29.1 Å². The summed E-state index contributed by atoms with van der Waals surface area (Å²) in [7, 11) is 1.44. The van der Waals surface area contributed by atoms with Crippen LogP contribution in [0.4, 0.5) is 0 Å². The van der Waals surface area contributed by atoms with Gasteiger partial charge in [0.05, 0.1) is 13.2 Å². The summed E-state index contributed by atoms with van der Waals surface area (Å²) < 4.78 is 0. The molecule has 0 aliphatic rings. The van der Waals surface area contributed by atoms with E-state index in [4.69, 9.17) is 10.6 Å². The number of carbonyl (C=O) groups excluding carboxylic acids is 1. The quantitative estimate of drug-likeness (QED) is 0.615. The zero-order chi connectivity index (χ0) is 17.2. The number of carbonyl (C=O) groups is 1. The van der Waals surface area contributed by atoms with Crippen LogP contribution in [-0.4, -0.2) is 19.1 Å². The molecule has 1 atom stereocenters. The molecular formula is C19H25N3O2. The van der Waals surface area contributed by atoms with Crippen LogP contribution in [0.5, 0.6) is 0 Å². The lowest BCUT2D eigenvalue weighted by Crippen LogP contribution is -2.43. The van der Waals surface area contributed by atoms with Crippen molar-refractivity contribution in [2.24, 2.45) is 5.73 Å². The minimum absolute atomic E-state index is 0.160. The third-order valence-corrected chi connectivity index (χ3v) is 3.89. The van der Waals surface area contributed by atoms with Gasteiger partial charge in [-0.25, -0.2) is 5.48 Å². The first-order chi connectivity index (χ1) is 11.7. The Morgan fingerprint density at radius 3 is 2.33 bits per heavy atom. The standard InChI is InChI=1S/C19H25N3O2/c1-24-22-19(23)18(12-11-15-5-3-2-4-6-15)21-14-17-9-7-16(13-20)8-10-17/h2-10,18,21H,11-14,20H2,1H3,(H,22,23)/t18-/m1/s1. The van der Waals surface area contributed by atoms with Gasteiger partial charge in [0.1, 0.15) is 0 Å². The molecule has 2 aromatic carbocycles. The van der Waals surface area contributed by atoms with Crippen LogP contribution in [0, 0.1) is 0 Å². The van der Waals surface area contributed by atoms with Crippen molar-refractivity contribution in [1.29, 1.82) is 0 Å². The molecule has 2 aromatic rings. The van der Waals surface area contributed by atoms with Gasteiger partial charge in [0, 0.05) is 13.1 Å².